The van der Waals surface area contributed by atoms with E-state index in [2.05, 4.69) is 20.9 Å². The lowest BCUT2D eigenvalue weighted by Crippen LogP contribution is -2.59. The minimum absolute atomic E-state index is 0.0849. The number of nitrogens with zero attached hydrogens (tertiary/aromatic N) is 2. The van der Waals surface area contributed by atoms with Gasteiger partial charge >= 0.3 is 0 Å². The Bertz CT molecular complexity index is 724. The van der Waals surface area contributed by atoms with E-state index >= 15 is 0 Å². The molecule has 4 bridgehead atoms. The van der Waals surface area contributed by atoms with E-state index < -0.39 is 0 Å². The largest absolute Gasteiger partial charge is 0.346 e. The first-order chi connectivity index (χ1) is 11.8. The molecule has 2 aromatic heterocycles. The standard InChI is InChI=1S/C20H25N3O/c24-12-15(5-16-10-22-20-19(16)2-1-3-21-20)11-23-17-6-13-4-14(8-17)9-18(23)7-13/h1-3,10,12-15,17-18H,4-9,11H2,(H,21,22). The predicted octanol–water partition coefficient (Wildman–Crippen LogP) is 3.18. The Morgan fingerprint density at radius 2 is 1.96 bits per heavy atom. The van der Waals surface area contributed by atoms with Crippen molar-refractivity contribution in [2.75, 3.05) is 6.54 Å². The van der Waals surface area contributed by atoms with Crippen molar-refractivity contribution in [3.05, 3.63) is 30.1 Å². The van der Waals surface area contributed by atoms with E-state index in [4.69, 9.17) is 0 Å². The number of aldehydes is 1. The number of aromatic amines is 1. The molecule has 4 aliphatic rings. The summed E-state index contributed by atoms with van der Waals surface area (Å²) in [5.41, 5.74) is 2.15. The lowest BCUT2D eigenvalue weighted by Gasteiger charge is -2.57. The zero-order valence-corrected chi connectivity index (χ0v) is 14.0. The SMILES string of the molecule is O=CC(Cc1c[nH]c2ncccc12)CN1C2CC3CC(C2)CC1C3. The zero-order valence-electron chi connectivity index (χ0n) is 14.0. The molecule has 4 heterocycles. The summed E-state index contributed by atoms with van der Waals surface area (Å²) >= 11 is 0. The van der Waals surface area contributed by atoms with Crippen LogP contribution in [0.5, 0.6) is 0 Å². The van der Waals surface area contributed by atoms with Gasteiger partial charge in [-0.15, -0.1) is 0 Å². The van der Waals surface area contributed by atoms with Crippen LogP contribution in [-0.2, 0) is 11.2 Å². The van der Waals surface area contributed by atoms with Gasteiger partial charge in [0, 0.05) is 42.3 Å². The number of piperidine rings is 2. The van der Waals surface area contributed by atoms with Crippen LogP contribution in [0.2, 0.25) is 0 Å². The summed E-state index contributed by atoms with van der Waals surface area (Å²) in [6.07, 6.45) is 12.8. The van der Waals surface area contributed by atoms with Crippen LogP contribution in [0, 0.1) is 17.8 Å². The maximum atomic E-state index is 11.8. The van der Waals surface area contributed by atoms with Gasteiger partial charge in [0.05, 0.1) is 0 Å². The molecule has 126 valence electrons. The highest BCUT2D eigenvalue weighted by molar-refractivity contribution is 5.79. The van der Waals surface area contributed by atoms with Gasteiger partial charge in [0.15, 0.2) is 0 Å². The lowest BCUT2D eigenvalue weighted by molar-refractivity contribution is -0.114. The Labute approximate surface area is 142 Å². The van der Waals surface area contributed by atoms with Crippen LogP contribution in [0.25, 0.3) is 11.0 Å². The first-order valence-electron chi connectivity index (χ1n) is 9.42. The molecule has 4 fully saturated rings. The number of hydrogen-bond donors (Lipinski definition) is 1. The summed E-state index contributed by atoms with van der Waals surface area (Å²) in [6, 6.07) is 5.55. The van der Waals surface area contributed by atoms with Crippen molar-refractivity contribution in [1.29, 1.82) is 0 Å². The van der Waals surface area contributed by atoms with Crippen LogP contribution in [0.15, 0.2) is 24.5 Å². The second-order valence-corrected chi connectivity index (χ2v) is 8.23. The van der Waals surface area contributed by atoms with Crippen LogP contribution < -0.4 is 0 Å². The number of H-pyrrole nitrogens is 1. The molecule has 1 N–H and O–H groups in total. The highest BCUT2D eigenvalue weighted by Gasteiger charge is 2.47. The van der Waals surface area contributed by atoms with Gasteiger partial charge in [-0.2, -0.15) is 0 Å². The van der Waals surface area contributed by atoms with Gasteiger partial charge < -0.3 is 9.78 Å². The second-order valence-electron chi connectivity index (χ2n) is 8.23. The van der Waals surface area contributed by atoms with Crippen molar-refractivity contribution in [3.63, 3.8) is 0 Å². The van der Waals surface area contributed by atoms with Crippen LogP contribution in [0.3, 0.4) is 0 Å². The Balaban J connectivity index is 1.33. The molecule has 1 atom stereocenters. The van der Waals surface area contributed by atoms with Gasteiger partial charge in [0.25, 0.3) is 0 Å². The van der Waals surface area contributed by atoms with E-state index in [-0.39, 0.29) is 5.92 Å². The highest BCUT2D eigenvalue weighted by Crippen LogP contribution is 2.49. The van der Waals surface area contributed by atoms with E-state index in [1.165, 1.54) is 44.0 Å². The number of pyridine rings is 1. The maximum Gasteiger partial charge on any atom is 0.137 e. The monoisotopic (exact) mass is 323 g/mol. The Hall–Kier alpha value is -1.68. The van der Waals surface area contributed by atoms with E-state index in [1.807, 2.05) is 12.3 Å². The molecule has 0 spiro atoms. The minimum Gasteiger partial charge on any atom is -0.346 e. The third-order valence-electron chi connectivity index (χ3n) is 6.68. The van der Waals surface area contributed by atoms with Gasteiger partial charge in [0.2, 0.25) is 0 Å². The van der Waals surface area contributed by atoms with Crippen molar-refractivity contribution in [1.82, 2.24) is 14.9 Å². The third kappa shape index (κ3) is 2.39. The average molecular weight is 323 g/mol. The van der Waals surface area contributed by atoms with Crippen LogP contribution in [-0.4, -0.2) is 39.8 Å². The molecule has 0 radical (unpaired) electrons. The normalized spacial score (nSPS) is 33.2. The van der Waals surface area contributed by atoms with Gasteiger partial charge in [0.1, 0.15) is 11.9 Å². The van der Waals surface area contributed by atoms with Crippen molar-refractivity contribution in [2.45, 2.75) is 50.6 Å². The number of aromatic nitrogens is 2. The quantitative estimate of drug-likeness (QED) is 0.860. The molecular formula is C20H25N3O. The molecule has 6 rings (SSSR count). The number of fused-ring (bicyclic) bond motifs is 1. The average Bonchev–Trinajstić information content (AvgIpc) is 2.99. The molecular weight excluding hydrogens is 298 g/mol. The summed E-state index contributed by atoms with van der Waals surface area (Å²) in [5, 5.41) is 1.16. The van der Waals surface area contributed by atoms with Crippen molar-refractivity contribution in [3.8, 4) is 0 Å². The van der Waals surface area contributed by atoms with E-state index in [0.717, 1.165) is 47.9 Å². The van der Waals surface area contributed by atoms with E-state index in [9.17, 15) is 4.79 Å². The van der Waals surface area contributed by atoms with Gasteiger partial charge in [-0.3, -0.25) is 4.90 Å². The van der Waals surface area contributed by atoms with Gasteiger partial charge in [-0.05, 0) is 68.1 Å². The third-order valence-corrected chi connectivity index (χ3v) is 6.68. The number of rotatable bonds is 5. The fourth-order valence-electron chi connectivity index (χ4n) is 5.81. The Morgan fingerprint density at radius 1 is 1.21 bits per heavy atom. The van der Waals surface area contributed by atoms with Gasteiger partial charge in [-0.25, -0.2) is 4.98 Å². The van der Waals surface area contributed by atoms with Crippen LogP contribution >= 0.6 is 0 Å². The molecule has 2 saturated carbocycles. The van der Waals surface area contributed by atoms with Crippen molar-refractivity contribution in [2.24, 2.45) is 17.8 Å². The highest BCUT2D eigenvalue weighted by atomic mass is 16.1. The molecule has 1 unspecified atom stereocenters. The molecule has 2 saturated heterocycles. The summed E-state index contributed by atoms with van der Waals surface area (Å²) in [7, 11) is 0. The topological polar surface area (TPSA) is 49.0 Å². The molecule has 2 aliphatic carbocycles. The van der Waals surface area contributed by atoms with Crippen molar-refractivity contribution < 1.29 is 4.79 Å². The number of carbonyl (C=O) groups excluding carboxylic acids is 1. The molecule has 4 heteroatoms. The molecule has 2 aromatic rings. The molecule has 0 amide bonds. The summed E-state index contributed by atoms with van der Waals surface area (Å²) < 4.78 is 0. The molecule has 4 nitrogen and oxygen atoms in total. The Kier molecular flexibility index (Phi) is 3.47. The van der Waals surface area contributed by atoms with Crippen molar-refractivity contribution >= 4 is 17.3 Å². The van der Waals surface area contributed by atoms with Crippen LogP contribution in [0.4, 0.5) is 0 Å². The fourth-order valence-corrected chi connectivity index (χ4v) is 5.81. The lowest BCUT2D eigenvalue weighted by atomic mass is 9.63. The summed E-state index contributed by atoms with van der Waals surface area (Å²) in [6.45, 7) is 0.936. The van der Waals surface area contributed by atoms with E-state index in [0.29, 0.717) is 0 Å². The minimum atomic E-state index is 0.0849. The molecule has 24 heavy (non-hydrogen) atoms. The molecule has 2 aliphatic heterocycles. The second kappa shape index (κ2) is 5.69. The summed E-state index contributed by atoms with van der Waals surface area (Å²) in [5.74, 6) is 2.03. The number of hydrogen-bond acceptors (Lipinski definition) is 3. The number of nitrogens with one attached hydrogen (secondary N) is 1. The fraction of sp³-hybridized carbons (Fsp3) is 0.600. The Morgan fingerprint density at radius 3 is 2.67 bits per heavy atom. The van der Waals surface area contributed by atoms with Crippen LogP contribution in [0.1, 0.15) is 37.7 Å². The maximum absolute atomic E-state index is 11.8. The van der Waals surface area contributed by atoms with Gasteiger partial charge in [-0.1, -0.05) is 0 Å². The summed E-state index contributed by atoms with van der Waals surface area (Å²) in [4.78, 5) is 22.1. The molecule has 0 aromatic carbocycles. The zero-order chi connectivity index (χ0) is 16.1. The smallest absolute Gasteiger partial charge is 0.137 e. The number of carbonyl (C=O) groups is 1. The first-order valence-corrected chi connectivity index (χ1v) is 9.42. The van der Waals surface area contributed by atoms with E-state index in [1.54, 1.807) is 6.20 Å². The first kappa shape index (κ1) is 14.6. The predicted molar refractivity (Wildman–Crippen MR) is 93.7 cm³/mol.